The van der Waals surface area contributed by atoms with Gasteiger partial charge in [0, 0.05) is 56.0 Å². The molecule has 7 nitrogen and oxygen atoms in total. The SMILES string of the molecule is CSc1cccc(NC(=O)N2CCN(c3ccnc(N4CCCC4)n3)CC2)c1. The predicted octanol–water partition coefficient (Wildman–Crippen LogP) is 3.15. The minimum Gasteiger partial charge on any atom is -0.353 e. The maximum atomic E-state index is 12.6. The number of carbonyl (C=O) groups excluding carboxylic acids is 1. The van der Waals surface area contributed by atoms with Gasteiger partial charge >= 0.3 is 6.03 Å². The van der Waals surface area contributed by atoms with Gasteiger partial charge in [-0.2, -0.15) is 4.98 Å². The van der Waals surface area contributed by atoms with Crippen molar-refractivity contribution in [3.8, 4) is 0 Å². The van der Waals surface area contributed by atoms with Crippen LogP contribution in [0.4, 0.5) is 22.2 Å². The van der Waals surface area contributed by atoms with E-state index in [9.17, 15) is 4.79 Å². The number of benzene rings is 1. The highest BCUT2D eigenvalue weighted by molar-refractivity contribution is 7.98. The summed E-state index contributed by atoms with van der Waals surface area (Å²) in [5, 5.41) is 3.01. The summed E-state index contributed by atoms with van der Waals surface area (Å²) < 4.78 is 0. The molecule has 0 radical (unpaired) electrons. The lowest BCUT2D eigenvalue weighted by Gasteiger charge is -2.35. The number of hydrogen-bond acceptors (Lipinski definition) is 6. The molecule has 3 heterocycles. The number of rotatable bonds is 4. The van der Waals surface area contributed by atoms with E-state index < -0.39 is 0 Å². The van der Waals surface area contributed by atoms with Crippen LogP contribution < -0.4 is 15.1 Å². The first kappa shape index (κ1) is 18.9. The summed E-state index contributed by atoms with van der Waals surface area (Å²) in [5.41, 5.74) is 0.838. The van der Waals surface area contributed by atoms with E-state index in [2.05, 4.69) is 20.1 Å². The Morgan fingerprint density at radius 2 is 1.82 bits per heavy atom. The molecule has 1 N–H and O–H groups in total. The van der Waals surface area contributed by atoms with Crippen LogP contribution in [0.5, 0.6) is 0 Å². The molecule has 2 fully saturated rings. The Labute approximate surface area is 170 Å². The van der Waals surface area contributed by atoms with Crippen LogP contribution in [0, 0.1) is 0 Å². The van der Waals surface area contributed by atoms with Crippen LogP contribution >= 0.6 is 11.8 Å². The topological polar surface area (TPSA) is 64.6 Å². The average molecular weight is 399 g/mol. The van der Waals surface area contributed by atoms with Crippen LogP contribution in [0.15, 0.2) is 41.4 Å². The van der Waals surface area contributed by atoms with Crippen molar-refractivity contribution >= 4 is 35.2 Å². The van der Waals surface area contributed by atoms with Crippen LogP contribution in [0.2, 0.25) is 0 Å². The minimum absolute atomic E-state index is 0.0432. The van der Waals surface area contributed by atoms with Crippen LogP contribution in [0.25, 0.3) is 0 Å². The molecule has 1 aromatic carbocycles. The lowest BCUT2D eigenvalue weighted by molar-refractivity contribution is 0.208. The van der Waals surface area contributed by atoms with Gasteiger partial charge in [-0.25, -0.2) is 9.78 Å². The van der Waals surface area contributed by atoms with Crippen molar-refractivity contribution in [2.24, 2.45) is 0 Å². The van der Waals surface area contributed by atoms with Gasteiger partial charge in [0.1, 0.15) is 5.82 Å². The Kier molecular flexibility index (Phi) is 5.85. The van der Waals surface area contributed by atoms with Gasteiger partial charge in [0.25, 0.3) is 0 Å². The largest absolute Gasteiger partial charge is 0.353 e. The van der Waals surface area contributed by atoms with Gasteiger partial charge in [0.2, 0.25) is 5.95 Å². The third-order valence-electron chi connectivity index (χ3n) is 5.23. The molecule has 0 bridgehead atoms. The van der Waals surface area contributed by atoms with Crippen molar-refractivity contribution in [1.29, 1.82) is 0 Å². The molecule has 0 unspecified atom stereocenters. The highest BCUT2D eigenvalue weighted by Gasteiger charge is 2.23. The monoisotopic (exact) mass is 398 g/mol. The van der Waals surface area contributed by atoms with E-state index in [-0.39, 0.29) is 6.03 Å². The van der Waals surface area contributed by atoms with Crippen molar-refractivity contribution in [3.63, 3.8) is 0 Å². The summed E-state index contributed by atoms with van der Waals surface area (Å²) in [6.07, 6.45) is 6.29. The number of aromatic nitrogens is 2. The number of carbonyl (C=O) groups is 1. The standard InChI is InChI=1S/C20H26N6OS/c1-28-17-6-4-5-16(15-17)22-20(27)26-13-11-24(12-14-26)18-7-8-21-19(23-18)25-9-2-3-10-25/h4-8,15H,2-3,9-14H2,1H3,(H,22,27). The normalized spacial score (nSPS) is 17.1. The summed E-state index contributed by atoms with van der Waals surface area (Å²) in [6, 6.07) is 9.85. The molecule has 2 aliphatic heterocycles. The molecular formula is C20H26N6OS. The molecule has 4 rings (SSSR count). The molecule has 148 valence electrons. The van der Waals surface area contributed by atoms with Gasteiger partial charge in [-0.15, -0.1) is 11.8 Å². The number of nitrogens with one attached hydrogen (secondary N) is 1. The van der Waals surface area contributed by atoms with E-state index in [4.69, 9.17) is 4.98 Å². The molecule has 0 saturated carbocycles. The zero-order valence-corrected chi connectivity index (χ0v) is 17.0. The summed E-state index contributed by atoms with van der Waals surface area (Å²) in [7, 11) is 0. The van der Waals surface area contributed by atoms with Crippen LogP contribution in [-0.2, 0) is 0 Å². The first-order valence-corrected chi connectivity index (χ1v) is 11.0. The van der Waals surface area contributed by atoms with Crippen molar-refractivity contribution < 1.29 is 4.79 Å². The Balaban J connectivity index is 1.34. The molecule has 2 saturated heterocycles. The molecule has 2 aromatic rings. The highest BCUT2D eigenvalue weighted by Crippen LogP contribution is 2.21. The second kappa shape index (κ2) is 8.68. The second-order valence-electron chi connectivity index (χ2n) is 7.05. The lowest BCUT2D eigenvalue weighted by Crippen LogP contribution is -2.50. The van der Waals surface area contributed by atoms with Crippen LogP contribution in [-0.4, -0.2) is 66.4 Å². The predicted molar refractivity (Wildman–Crippen MR) is 115 cm³/mol. The van der Waals surface area contributed by atoms with E-state index >= 15 is 0 Å². The summed E-state index contributed by atoms with van der Waals surface area (Å²) in [4.78, 5) is 29.3. The summed E-state index contributed by atoms with van der Waals surface area (Å²) >= 11 is 1.67. The van der Waals surface area contributed by atoms with E-state index in [1.54, 1.807) is 11.8 Å². The smallest absolute Gasteiger partial charge is 0.321 e. The number of thioether (sulfide) groups is 1. The van der Waals surface area contributed by atoms with Gasteiger partial charge in [0.05, 0.1) is 0 Å². The molecule has 2 aliphatic rings. The van der Waals surface area contributed by atoms with Crippen molar-refractivity contribution in [2.45, 2.75) is 17.7 Å². The fraction of sp³-hybridized carbons (Fsp3) is 0.450. The quantitative estimate of drug-likeness (QED) is 0.798. The van der Waals surface area contributed by atoms with E-state index in [0.717, 1.165) is 48.5 Å². The number of piperazine rings is 1. The summed E-state index contributed by atoms with van der Waals surface area (Å²) in [6.45, 7) is 4.97. The van der Waals surface area contributed by atoms with Crippen molar-refractivity contribution in [2.75, 3.05) is 60.6 Å². The molecular weight excluding hydrogens is 372 g/mol. The third-order valence-corrected chi connectivity index (χ3v) is 5.95. The Morgan fingerprint density at radius 3 is 2.57 bits per heavy atom. The number of nitrogens with zero attached hydrogens (tertiary/aromatic N) is 5. The van der Waals surface area contributed by atoms with Crippen LogP contribution in [0.3, 0.4) is 0 Å². The Morgan fingerprint density at radius 1 is 1.04 bits per heavy atom. The Bertz CT molecular complexity index is 818. The zero-order valence-electron chi connectivity index (χ0n) is 16.2. The van der Waals surface area contributed by atoms with Crippen molar-refractivity contribution in [3.05, 3.63) is 36.5 Å². The van der Waals surface area contributed by atoms with Gasteiger partial charge in [-0.1, -0.05) is 6.07 Å². The first-order valence-electron chi connectivity index (χ1n) is 9.76. The maximum Gasteiger partial charge on any atom is 0.321 e. The summed E-state index contributed by atoms with van der Waals surface area (Å²) in [5.74, 6) is 1.77. The number of amides is 2. The Hall–Kier alpha value is -2.48. The van der Waals surface area contributed by atoms with Gasteiger partial charge in [-0.3, -0.25) is 0 Å². The molecule has 8 heteroatoms. The third kappa shape index (κ3) is 4.32. The number of hydrogen-bond donors (Lipinski definition) is 1. The highest BCUT2D eigenvalue weighted by atomic mass is 32.2. The molecule has 0 atom stereocenters. The maximum absolute atomic E-state index is 12.6. The fourth-order valence-electron chi connectivity index (χ4n) is 3.63. The molecule has 1 aromatic heterocycles. The molecule has 2 amide bonds. The van der Waals surface area contributed by atoms with E-state index in [1.807, 2.05) is 47.7 Å². The van der Waals surface area contributed by atoms with Gasteiger partial charge in [0.15, 0.2) is 0 Å². The van der Waals surface area contributed by atoms with E-state index in [1.165, 1.54) is 12.8 Å². The molecule has 28 heavy (non-hydrogen) atoms. The average Bonchev–Trinajstić information content (AvgIpc) is 3.29. The molecule has 0 spiro atoms. The fourth-order valence-corrected chi connectivity index (χ4v) is 4.09. The van der Waals surface area contributed by atoms with Crippen LogP contribution in [0.1, 0.15) is 12.8 Å². The second-order valence-corrected chi connectivity index (χ2v) is 7.92. The van der Waals surface area contributed by atoms with Gasteiger partial charge < -0.3 is 20.0 Å². The van der Waals surface area contributed by atoms with E-state index in [0.29, 0.717) is 13.1 Å². The molecule has 0 aliphatic carbocycles. The first-order chi connectivity index (χ1) is 13.7. The van der Waals surface area contributed by atoms with Crippen molar-refractivity contribution in [1.82, 2.24) is 14.9 Å². The number of urea groups is 1. The zero-order chi connectivity index (χ0) is 19.3. The lowest BCUT2D eigenvalue weighted by atomic mass is 10.3. The minimum atomic E-state index is -0.0432. The number of anilines is 3. The van der Waals surface area contributed by atoms with Gasteiger partial charge in [-0.05, 0) is 43.4 Å².